The van der Waals surface area contributed by atoms with Gasteiger partial charge in [-0.05, 0) is 49.6 Å². The van der Waals surface area contributed by atoms with E-state index < -0.39 is 0 Å². The molecule has 0 saturated carbocycles. The minimum Gasteiger partial charge on any atom is -0.383 e. The first-order valence-corrected chi connectivity index (χ1v) is 8.67. The number of anilines is 5. The first-order chi connectivity index (χ1) is 12.9. The molecule has 1 aromatic heterocycles. The van der Waals surface area contributed by atoms with Crippen molar-refractivity contribution in [3.63, 3.8) is 0 Å². The third kappa shape index (κ3) is 4.53. The van der Waals surface area contributed by atoms with Gasteiger partial charge in [-0.15, -0.1) is 0 Å². The van der Waals surface area contributed by atoms with E-state index in [1.165, 1.54) is 5.56 Å². The summed E-state index contributed by atoms with van der Waals surface area (Å²) in [5, 5.41) is 15.3. The van der Waals surface area contributed by atoms with Gasteiger partial charge in [0, 0.05) is 17.4 Å². The summed E-state index contributed by atoms with van der Waals surface area (Å²) in [6, 6.07) is 15.7. The fraction of sp³-hybridized carbons (Fsp3) is 0.190. The average molecular weight is 358 g/mol. The number of hydrogen-bond acceptors (Lipinski definition) is 6. The lowest BCUT2D eigenvalue weighted by Gasteiger charge is -2.14. The molecule has 0 bridgehead atoms. The monoisotopic (exact) mass is 358 g/mol. The number of aryl methyl sites for hydroxylation is 3. The van der Waals surface area contributed by atoms with Crippen molar-refractivity contribution in [1.82, 2.24) is 9.97 Å². The van der Waals surface area contributed by atoms with Crippen LogP contribution in [0.4, 0.5) is 29.0 Å². The molecule has 6 nitrogen and oxygen atoms in total. The molecule has 136 valence electrons. The summed E-state index contributed by atoms with van der Waals surface area (Å²) in [6.07, 6.45) is 0.387. The molecule has 1 heterocycles. The van der Waals surface area contributed by atoms with E-state index in [0.717, 1.165) is 28.1 Å². The first-order valence-electron chi connectivity index (χ1n) is 8.67. The maximum Gasteiger partial charge on any atom is 0.231 e. The molecule has 0 aliphatic carbocycles. The van der Waals surface area contributed by atoms with Crippen LogP contribution in [0.2, 0.25) is 0 Å². The van der Waals surface area contributed by atoms with Gasteiger partial charge in [-0.2, -0.15) is 15.2 Å². The highest BCUT2D eigenvalue weighted by molar-refractivity contribution is 5.68. The van der Waals surface area contributed by atoms with Gasteiger partial charge in [-0.25, -0.2) is 0 Å². The summed E-state index contributed by atoms with van der Waals surface area (Å²) >= 11 is 0. The van der Waals surface area contributed by atoms with E-state index in [4.69, 9.17) is 11.0 Å². The molecule has 27 heavy (non-hydrogen) atoms. The Morgan fingerprint density at radius 2 is 1.63 bits per heavy atom. The van der Waals surface area contributed by atoms with Crippen LogP contribution in [-0.4, -0.2) is 9.97 Å². The third-order valence-electron chi connectivity index (χ3n) is 4.17. The van der Waals surface area contributed by atoms with E-state index in [9.17, 15) is 0 Å². The molecule has 0 saturated heterocycles. The van der Waals surface area contributed by atoms with Gasteiger partial charge in [0.05, 0.1) is 12.5 Å². The summed E-state index contributed by atoms with van der Waals surface area (Å²) in [5.41, 5.74) is 12.3. The second-order valence-corrected chi connectivity index (χ2v) is 6.56. The van der Waals surface area contributed by atoms with E-state index in [-0.39, 0.29) is 0 Å². The van der Waals surface area contributed by atoms with Gasteiger partial charge in [0.25, 0.3) is 0 Å². The Labute approximate surface area is 159 Å². The number of rotatable bonds is 5. The molecule has 0 radical (unpaired) electrons. The SMILES string of the molecule is Cc1cc(C)c(Nc2cc(N)nc(Nc3ccc(CC#N)cc3)n2)c(C)c1. The highest BCUT2D eigenvalue weighted by atomic mass is 15.2. The van der Waals surface area contributed by atoms with Crippen LogP contribution in [0.5, 0.6) is 0 Å². The standard InChI is InChI=1S/C21H22N6/c1-13-10-14(2)20(15(3)11-13)26-19-12-18(23)25-21(27-19)24-17-6-4-16(5-7-17)8-9-22/h4-7,10-12H,8H2,1-3H3,(H4,23,24,25,26,27). The zero-order valence-corrected chi connectivity index (χ0v) is 15.7. The number of nitrogens with one attached hydrogen (secondary N) is 2. The summed E-state index contributed by atoms with van der Waals surface area (Å²) in [5.74, 6) is 1.41. The van der Waals surface area contributed by atoms with Gasteiger partial charge >= 0.3 is 0 Å². The zero-order valence-electron chi connectivity index (χ0n) is 15.7. The maximum atomic E-state index is 8.75. The molecule has 0 atom stereocenters. The van der Waals surface area contributed by atoms with Crippen LogP contribution >= 0.6 is 0 Å². The van der Waals surface area contributed by atoms with E-state index >= 15 is 0 Å². The van der Waals surface area contributed by atoms with Crippen molar-refractivity contribution < 1.29 is 0 Å². The number of nitrogen functional groups attached to an aromatic ring is 1. The molecule has 0 spiro atoms. The van der Waals surface area contributed by atoms with E-state index in [1.54, 1.807) is 6.07 Å². The fourth-order valence-electron chi connectivity index (χ4n) is 3.02. The molecule has 3 aromatic rings. The molecule has 6 heteroatoms. The topological polar surface area (TPSA) is 99.6 Å². The molecule has 0 unspecified atom stereocenters. The summed E-state index contributed by atoms with van der Waals surface area (Å²) in [6.45, 7) is 6.21. The highest BCUT2D eigenvalue weighted by Crippen LogP contribution is 2.26. The molecule has 0 aliphatic heterocycles. The van der Waals surface area contributed by atoms with Crippen LogP contribution < -0.4 is 16.4 Å². The van der Waals surface area contributed by atoms with E-state index in [0.29, 0.717) is 24.0 Å². The predicted molar refractivity (Wildman–Crippen MR) is 109 cm³/mol. The van der Waals surface area contributed by atoms with Crippen molar-refractivity contribution in [2.45, 2.75) is 27.2 Å². The van der Waals surface area contributed by atoms with Crippen LogP contribution in [-0.2, 0) is 6.42 Å². The van der Waals surface area contributed by atoms with Crippen molar-refractivity contribution >= 4 is 29.0 Å². The zero-order chi connectivity index (χ0) is 19.4. The van der Waals surface area contributed by atoms with Crippen molar-refractivity contribution in [3.8, 4) is 6.07 Å². The third-order valence-corrected chi connectivity index (χ3v) is 4.17. The Hall–Kier alpha value is -3.59. The van der Waals surface area contributed by atoms with Gasteiger partial charge in [-0.3, -0.25) is 0 Å². The van der Waals surface area contributed by atoms with Gasteiger partial charge in [0.1, 0.15) is 11.6 Å². The van der Waals surface area contributed by atoms with Crippen molar-refractivity contribution in [2.24, 2.45) is 0 Å². The van der Waals surface area contributed by atoms with Gasteiger partial charge in [-0.1, -0.05) is 29.8 Å². The minimum atomic E-state index is 0.374. The number of nitriles is 1. The van der Waals surface area contributed by atoms with Gasteiger partial charge < -0.3 is 16.4 Å². The minimum absolute atomic E-state index is 0.374. The molecule has 0 aliphatic rings. The number of nitrogens with zero attached hydrogens (tertiary/aromatic N) is 3. The fourth-order valence-corrected chi connectivity index (χ4v) is 3.02. The Bertz CT molecular complexity index is 979. The van der Waals surface area contributed by atoms with Gasteiger partial charge in [0.15, 0.2) is 0 Å². The summed E-state index contributed by atoms with van der Waals surface area (Å²) in [4.78, 5) is 8.77. The molecule has 0 fully saturated rings. The Morgan fingerprint density at radius 1 is 0.963 bits per heavy atom. The molecule has 0 amide bonds. The van der Waals surface area contributed by atoms with Crippen molar-refractivity contribution in [3.05, 3.63) is 64.7 Å². The maximum absolute atomic E-state index is 8.75. The number of nitrogens with two attached hydrogens (primary N) is 1. The van der Waals surface area contributed by atoms with Crippen molar-refractivity contribution in [1.29, 1.82) is 5.26 Å². The second-order valence-electron chi connectivity index (χ2n) is 6.56. The summed E-state index contributed by atoms with van der Waals surface area (Å²) < 4.78 is 0. The quantitative estimate of drug-likeness (QED) is 0.619. The predicted octanol–water partition coefficient (Wildman–Crippen LogP) is 4.54. The van der Waals surface area contributed by atoms with Crippen LogP contribution in [0, 0.1) is 32.1 Å². The number of hydrogen-bond donors (Lipinski definition) is 3. The Balaban J connectivity index is 1.83. The smallest absolute Gasteiger partial charge is 0.231 e. The lowest BCUT2D eigenvalue weighted by Crippen LogP contribution is -2.05. The Kier molecular flexibility index (Phi) is 5.23. The Morgan fingerprint density at radius 3 is 2.26 bits per heavy atom. The number of aromatic nitrogens is 2. The molecule has 3 rings (SSSR count). The highest BCUT2D eigenvalue weighted by Gasteiger charge is 2.08. The second kappa shape index (κ2) is 7.75. The van der Waals surface area contributed by atoms with Gasteiger partial charge in [0.2, 0.25) is 5.95 Å². The van der Waals surface area contributed by atoms with E-state index in [1.807, 2.05) is 24.3 Å². The molecular weight excluding hydrogens is 336 g/mol. The van der Waals surface area contributed by atoms with Crippen LogP contribution in [0.1, 0.15) is 22.3 Å². The first kappa shape index (κ1) is 18.2. The normalized spacial score (nSPS) is 10.3. The molecule has 4 N–H and O–H groups in total. The number of benzene rings is 2. The average Bonchev–Trinajstić information content (AvgIpc) is 2.60. The van der Waals surface area contributed by atoms with E-state index in [2.05, 4.69) is 59.6 Å². The van der Waals surface area contributed by atoms with Crippen LogP contribution in [0.25, 0.3) is 0 Å². The lowest BCUT2D eigenvalue weighted by molar-refractivity contribution is 1.17. The molecule has 2 aromatic carbocycles. The molecular formula is C21H22N6. The van der Waals surface area contributed by atoms with Crippen LogP contribution in [0.15, 0.2) is 42.5 Å². The summed E-state index contributed by atoms with van der Waals surface area (Å²) in [7, 11) is 0. The lowest BCUT2D eigenvalue weighted by atomic mass is 10.1. The largest absolute Gasteiger partial charge is 0.383 e. The van der Waals surface area contributed by atoms with Crippen LogP contribution in [0.3, 0.4) is 0 Å². The van der Waals surface area contributed by atoms with Crippen molar-refractivity contribution in [2.75, 3.05) is 16.4 Å².